The Morgan fingerprint density at radius 3 is 2.91 bits per heavy atom. The standard InChI is InChI=1S/C16H26N4O2/c1-12(14-11-17-7-8-18-14)20-9-5-6-13(20)10-19-15(21)22-16(2,3)4/h7-8,11-13H,5-6,9-10H2,1-4H3,(H,19,21). The third-order valence-corrected chi connectivity index (χ3v) is 3.81. The molecule has 1 aliphatic heterocycles. The Kier molecular flexibility index (Phi) is 5.34. The maximum absolute atomic E-state index is 11.8. The van der Waals surface area contributed by atoms with Crippen LogP contribution in [0.1, 0.15) is 52.3 Å². The number of aromatic nitrogens is 2. The minimum Gasteiger partial charge on any atom is -0.444 e. The molecule has 0 bridgehead atoms. The highest BCUT2D eigenvalue weighted by Crippen LogP contribution is 2.27. The molecular weight excluding hydrogens is 280 g/mol. The summed E-state index contributed by atoms with van der Waals surface area (Å²) in [5.41, 5.74) is 0.499. The van der Waals surface area contributed by atoms with E-state index in [-0.39, 0.29) is 12.1 Å². The zero-order valence-electron chi connectivity index (χ0n) is 13.9. The Hall–Kier alpha value is -1.69. The van der Waals surface area contributed by atoms with Crippen LogP contribution in [0.4, 0.5) is 4.79 Å². The maximum Gasteiger partial charge on any atom is 0.407 e. The molecule has 1 aliphatic rings. The van der Waals surface area contributed by atoms with Gasteiger partial charge in [-0.1, -0.05) is 0 Å². The van der Waals surface area contributed by atoms with Crippen LogP contribution >= 0.6 is 0 Å². The molecule has 1 amide bonds. The van der Waals surface area contributed by atoms with Crippen molar-refractivity contribution in [3.05, 3.63) is 24.3 Å². The molecule has 1 aromatic rings. The van der Waals surface area contributed by atoms with Gasteiger partial charge in [0.2, 0.25) is 0 Å². The highest BCUT2D eigenvalue weighted by Gasteiger charge is 2.30. The van der Waals surface area contributed by atoms with Gasteiger partial charge in [0, 0.05) is 31.2 Å². The number of amides is 1. The number of ether oxygens (including phenoxy) is 1. The number of nitrogens with one attached hydrogen (secondary N) is 1. The largest absolute Gasteiger partial charge is 0.444 e. The minimum absolute atomic E-state index is 0.196. The van der Waals surface area contributed by atoms with Crippen molar-refractivity contribution in [1.29, 1.82) is 0 Å². The first-order valence-electron chi connectivity index (χ1n) is 7.85. The molecule has 2 atom stereocenters. The van der Waals surface area contributed by atoms with Crippen molar-refractivity contribution in [3.63, 3.8) is 0 Å². The SMILES string of the molecule is CC(c1cnccn1)N1CCCC1CNC(=O)OC(C)(C)C. The first kappa shape index (κ1) is 16.7. The van der Waals surface area contributed by atoms with Crippen LogP contribution in [0.2, 0.25) is 0 Å². The van der Waals surface area contributed by atoms with E-state index in [2.05, 4.69) is 27.1 Å². The molecule has 0 aliphatic carbocycles. The van der Waals surface area contributed by atoms with Gasteiger partial charge in [-0.25, -0.2) is 4.79 Å². The average Bonchev–Trinajstić information content (AvgIpc) is 2.92. The molecular formula is C16H26N4O2. The molecule has 0 aromatic carbocycles. The van der Waals surface area contributed by atoms with E-state index in [1.54, 1.807) is 18.6 Å². The van der Waals surface area contributed by atoms with Gasteiger partial charge in [0.15, 0.2) is 0 Å². The van der Waals surface area contributed by atoms with Crippen molar-refractivity contribution in [1.82, 2.24) is 20.2 Å². The topological polar surface area (TPSA) is 67.4 Å². The van der Waals surface area contributed by atoms with Crippen LogP contribution in [-0.2, 0) is 4.74 Å². The summed E-state index contributed by atoms with van der Waals surface area (Å²) in [4.78, 5) is 22.7. The van der Waals surface area contributed by atoms with Crippen molar-refractivity contribution in [2.24, 2.45) is 0 Å². The van der Waals surface area contributed by atoms with E-state index in [0.717, 1.165) is 25.1 Å². The highest BCUT2D eigenvalue weighted by atomic mass is 16.6. The Morgan fingerprint density at radius 2 is 2.27 bits per heavy atom. The van der Waals surface area contributed by atoms with E-state index in [4.69, 9.17) is 4.74 Å². The summed E-state index contributed by atoms with van der Waals surface area (Å²) in [7, 11) is 0. The molecule has 6 heteroatoms. The van der Waals surface area contributed by atoms with Gasteiger partial charge in [-0.15, -0.1) is 0 Å². The molecule has 1 aromatic heterocycles. The van der Waals surface area contributed by atoms with Crippen molar-refractivity contribution in [2.45, 2.75) is 58.2 Å². The lowest BCUT2D eigenvalue weighted by atomic mass is 10.1. The molecule has 2 heterocycles. The number of hydrogen-bond acceptors (Lipinski definition) is 5. The van der Waals surface area contributed by atoms with Crippen LogP contribution in [0.3, 0.4) is 0 Å². The molecule has 1 saturated heterocycles. The Labute approximate surface area is 132 Å². The van der Waals surface area contributed by atoms with Crippen molar-refractivity contribution < 1.29 is 9.53 Å². The fourth-order valence-electron chi connectivity index (χ4n) is 2.80. The fraction of sp³-hybridized carbons (Fsp3) is 0.688. The number of hydrogen-bond donors (Lipinski definition) is 1. The summed E-state index contributed by atoms with van der Waals surface area (Å²) < 4.78 is 5.29. The van der Waals surface area contributed by atoms with Gasteiger partial charge >= 0.3 is 6.09 Å². The molecule has 22 heavy (non-hydrogen) atoms. The second kappa shape index (κ2) is 7.05. The predicted molar refractivity (Wildman–Crippen MR) is 84.4 cm³/mol. The molecule has 1 fully saturated rings. The second-order valence-electron chi connectivity index (χ2n) is 6.72. The van der Waals surface area contributed by atoms with E-state index >= 15 is 0 Å². The number of likely N-dealkylation sites (tertiary alicyclic amines) is 1. The summed E-state index contributed by atoms with van der Waals surface area (Å²) in [6.07, 6.45) is 7.05. The molecule has 0 saturated carbocycles. The lowest BCUT2D eigenvalue weighted by Crippen LogP contribution is -2.43. The summed E-state index contributed by atoms with van der Waals surface area (Å²) in [6, 6.07) is 0.506. The zero-order chi connectivity index (χ0) is 16.2. The van der Waals surface area contributed by atoms with E-state index in [0.29, 0.717) is 12.6 Å². The van der Waals surface area contributed by atoms with E-state index < -0.39 is 5.60 Å². The van der Waals surface area contributed by atoms with Crippen molar-refractivity contribution in [3.8, 4) is 0 Å². The third kappa shape index (κ3) is 4.66. The summed E-state index contributed by atoms with van der Waals surface area (Å²) in [5, 5.41) is 2.88. The number of rotatable bonds is 4. The average molecular weight is 306 g/mol. The lowest BCUT2D eigenvalue weighted by molar-refractivity contribution is 0.0507. The van der Waals surface area contributed by atoms with Gasteiger partial charge in [0.25, 0.3) is 0 Å². The van der Waals surface area contributed by atoms with E-state index in [1.807, 2.05) is 20.8 Å². The van der Waals surface area contributed by atoms with Gasteiger partial charge in [-0.05, 0) is 47.1 Å². The van der Waals surface area contributed by atoms with Gasteiger partial charge in [0.1, 0.15) is 5.60 Å². The van der Waals surface area contributed by atoms with Crippen LogP contribution in [0, 0.1) is 0 Å². The van der Waals surface area contributed by atoms with Gasteiger partial charge in [-0.2, -0.15) is 0 Å². The minimum atomic E-state index is -0.466. The van der Waals surface area contributed by atoms with Crippen LogP contribution in [0.15, 0.2) is 18.6 Å². The quantitative estimate of drug-likeness (QED) is 0.926. The molecule has 2 unspecified atom stereocenters. The molecule has 1 N–H and O–H groups in total. The summed E-state index contributed by atoms with van der Waals surface area (Å²) in [5.74, 6) is 0. The Morgan fingerprint density at radius 1 is 1.50 bits per heavy atom. The van der Waals surface area contributed by atoms with Crippen LogP contribution < -0.4 is 5.32 Å². The molecule has 0 spiro atoms. The number of carbonyl (C=O) groups excluding carboxylic acids is 1. The molecule has 6 nitrogen and oxygen atoms in total. The van der Waals surface area contributed by atoms with Crippen LogP contribution in [0.5, 0.6) is 0 Å². The third-order valence-electron chi connectivity index (χ3n) is 3.81. The number of alkyl carbamates (subject to hydrolysis) is 1. The summed E-state index contributed by atoms with van der Waals surface area (Å²) >= 11 is 0. The van der Waals surface area contributed by atoms with Gasteiger partial charge in [-0.3, -0.25) is 14.9 Å². The molecule has 2 rings (SSSR count). The lowest BCUT2D eigenvalue weighted by Gasteiger charge is -2.30. The normalized spacial score (nSPS) is 20.6. The highest BCUT2D eigenvalue weighted by molar-refractivity contribution is 5.67. The van der Waals surface area contributed by atoms with Crippen LogP contribution in [0.25, 0.3) is 0 Å². The van der Waals surface area contributed by atoms with Crippen molar-refractivity contribution >= 4 is 6.09 Å². The second-order valence-corrected chi connectivity index (χ2v) is 6.72. The molecule has 122 valence electrons. The smallest absolute Gasteiger partial charge is 0.407 e. The van der Waals surface area contributed by atoms with Crippen LogP contribution in [-0.4, -0.2) is 45.7 Å². The first-order chi connectivity index (χ1) is 10.4. The first-order valence-corrected chi connectivity index (χ1v) is 7.85. The number of carbonyl (C=O) groups is 1. The van der Waals surface area contributed by atoms with Gasteiger partial charge < -0.3 is 10.1 Å². The van der Waals surface area contributed by atoms with E-state index in [9.17, 15) is 4.79 Å². The Balaban J connectivity index is 1.90. The Bertz CT molecular complexity index is 487. The number of nitrogens with zero attached hydrogens (tertiary/aromatic N) is 3. The molecule has 0 radical (unpaired) electrons. The van der Waals surface area contributed by atoms with Gasteiger partial charge in [0.05, 0.1) is 11.7 Å². The van der Waals surface area contributed by atoms with Crippen molar-refractivity contribution in [2.75, 3.05) is 13.1 Å². The zero-order valence-corrected chi connectivity index (χ0v) is 13.9. The fourth-order valence-corrected chi connectivity index (χ4v) is 2.80. The van der Waals surface area contributed by atoms with E-state index in [1.165, 1.54) is 0 Å². The maximum atomic E-state index is 11.8. The predicted octanol–water partition coefficient (Wildman–Crippen LogP) is 2.53. The summed E-state index contributed by atoms with van der Waals surface area (Å²) in [6.45, 7) is 9.34. The monoisotopic (exact) mass is 306 g/mol.